The lowest BCUT2D eigenvalue weighted by molar-refractivity contribution is 0.117. The van der Waals surface area contributed by atoms with E-state index in [4.69, 9.17) is 0 Å². The normalized spacial score (nSPS) is 23.8. The fourth-order valence-electron chi connectivity index (χ4n) is 2.34. The molecule has 2 atom stereocenters. The second-order valence-corrected chi connectivity index (χ2v) is 7.34. The predicted octanol–water partition coefficient (Wildman–Crippen LogP) is 2.31. The number of halogens is 3. The van der Waals surface area contributed by atoms with E-state index in [2.05, 4.69) is 20.7 Å². The number of aliphatic hydroxyl groups excluding tert-OH is 1. The van der Waals surface area contributed by atoms with Crippen molar-refractivity contribution in [2.24, 2.45) is 0 Å². The summed E-state index contributed by atoms with van der Waals surface area (Å²) in [4.78, 5) is -0.612. The van der Waals surface area contributed by atoms with Crippen molar-refractivity contribution in [3.05, 3.63) is 28.2 Å². The zero-order valence-corrected chi connectivity index (χ0v) is 12.8. The molecule has 8 heteroatoms. The van der Waals surface area contributed by atoms with Gasteiger partial charge in [0, 0.05) is 16.6 Å². The third-order valence-electron chi connectivity index (χ3n) is 3.20. The van der Waals surface area contributed by atoms with Crippen molar-refractivity contribution in [3.63, 3.8) is 0 Å². The summed E-state index contributed by atoms with van der Waals surface area (Å²) < 4.78 is 53.2. The van der Waals surface area contributed by atoms with Gasteiger partial charge in [-0.2, -0.15) is 0 Å². The Balaban J connectivity index is 2.27. The van der Waals surface area contributed by atoms with Crippen molar-refractivity contribution >= 4 is 26.0 Å². The van der Waals surface area contributed by atoms with Crippen LogP contribution in [0.3, 0.4) is 0 Å². The quantitative estimate of drug-likeness (QED) is 0.858. The second kappa shape index (κ2) is 6.05. The summed E-state index contributed by atoms with van der Waals surface area (Å²) in [5.41, 5.74) is 0. The van der Waals surface area contributed by atoms with E-state index in [-0.39, 0.29) is 4.47 Å². The lowest BCUT2D eigenvalue weighted by atomic mass is 9.94. The molecule has 0 saturated heterocycles. The van der Waals surface area contributed by atoms with Gasteiger partial charge < -0.3 is 5.11 Å². The average Bonchev–Trinajstić information content (AvgIpc) is 2.25. The second-order valence-electron chi connectivity index (χ2n) is 4.84. The molecule has 1 aromatic carbocycles. The minimum absolute atomic E-state index is 0.168. The summed E-state index contributed by atoms with van der Waals surface area (Å²) in [5, 5.41) is 9.52. The summed E-state index contributed by atoms with van der Waals surface area (Å²) in [6, 6.07) is 0.975. The molecule has 1 aromatic rings. The number of hydrogen-bond acceptors (Lipinski definition) is 3. The smallest absolute Gasteiger partial charge is 0.244 e. The summed E-state index contributed by atoms with van der Waals surface area (Å²) in [6.07, 6.45) is 1.64. The third kappa shape index (κ3) is 3.55. The molecular formula is C12H14BrF2NO3S. The van der Waals surface area contributed by atoms with Crippen LogP contribution in [0.2, 0.25) is 0 Å². The molecule has 2 N–H and O–H groups in total. The molecule has 2 unspecified atom stereocenters. The molecule has 0 spiro atoms. The first kappa shape index (κ1) is 15.8. The van der Waals surface area contributed by atoms with Crippen LogP contribution >= 0.6 is 15.9 Å². The Labute approximate surface area is 124 Å². The van der Waals surface area contributed by atoms with E-state index >= 15 is 0 Å². The Bertz CT molecular complexity index is 586. The van der Waals surface area contributed by atoms with Crippen LogP contribution in [0.15, 0.2) is 21.5 Å². The molecule has 1 aliphatic rings. The van der Waals surface area contributed by atoms with Crippen molar-refractivity contribution < 1.29 is 22.3 Å². The average molecular weight is 370 g/mol. The maximum Gasteiger partial charge on any atom is 0.244 e. The summed E-state index contributed by atoms with van der Waals surface area (Å²) in [5.74, 6) is -2.01. The van der Waals surface area contributed by atoms with Gasteiger partial charge in [-0.05, 0) is 47.7 Å². The van der Waals surface area contributed by atoms with Crippen LogP contribution in [-0.4, -0.2) is 25.7 Å². The fraction of sp³-hybridized carbons (Fsp3) is 0.500. The molecular weight excluding hydrogens is 356 g/mol. The Morgan fingerprint density at radius 1 is 1.30 bits per heavy atom. The highest BCUT2D eigenvalue weighted by molar-refractivity contribution is 9.10. The maximum absolute atomic E-state index is 13.7. The molecule has 0 heterocycles. The van der Waals surface area contributed by atoms with Crippen molar-refractivity contribution in [2.75, 3.05) is 0 Å². The number of aliphatic hydroxyl groups is 1. The fourth-order valence-corrected chi connectivity index (χ4v) is 4.78. The van der Waals surface area contributed by atoms with Gasteiger partial charge in [0.1, 0.15) is 16.5 Å². The largest absolute Gasteiger partial charge is 0.393 e. The minimum atomic E-state index is -4.11. The number of rotatable bonds is 3. The Kier molecular flexibility index (Phi) is 4.78. The van der Waals surface area contributed by atoms with E-state index < -0.39 is 38.7 Å². The lowest BCUT2D eigenvalue weighted by Gasteiger charge is -2.26. The van der Waals surface area contributed by atoms with Crippen LogP contribution in [0.5, 0.6) is 0 Å². The molecule has 2 rings (SSSR count). The van der Waals surface area contributed by atoms with E-state index in [9.17, 15) is 22.3 Å². The molecule has 0 radical (unpaired) electrons. The number of sulfonamides is 1. The van der Waals surface area contributed by atoms with Crippen LogP contribution in [0, 0.1) is 11.6 Å². The zero-order chi connectivity index (χ0) is 14.9. The standard InChI is InChI=1S/C12H14BrF2NO3S/c13-10-4-7(14)5-11(15)12(10)20(18,19)16-8-2-1-3-9(17)6-8/h4-5,8-9,16-17H,1-3,6H2. The van der Waals surface area contributed by atoms with Gasteiger partial charge in [0.2, 0.25) is 10.0 Å². The van der Waals surface area contributed by atoms with Crippen molar-refractivity contribution in [3.8, 4) is 0 Å². The van der Waals surface area contributed by atoms with Gasteiger partial charge in [-0.3, -0.25) is 0 Å². The van der Waals surface area contributed by atoms with Crippen LogP contribution in [0.1, 0.15) is 25.7 Å². The van der Waals surface area contributed by atoms with E-state index in [0.717, 1.165) is 6.07 Å². The molecule has 0 aromatic heterocycles. The first-order chi connectivity index (χ1) is 9.29. The number of hydrogen-bond donors (Lipinski definition) is 2. The monoisotopic (exact) mass is 369 g/mol. The van der Waals surface area contributed by atoms with Gasteiger partial charge >= 0.3 is 0 Å². The summed E-state index contributed by atoms with van der Waals surface area (Å²) >= 11 is 2.86. The van der Waals surface area contributed by atoms with Gasteiger partial charge in [-0.15, -0.1) is 0 Å². The first-order valence-electron chi connectivity index (χ1n) is 6.14. The Hall–Kier alpha value is -0.570. The van der Waals surface area contributed by atoms with Crippen molar-refractivity contribution in [2.45, 2.75) is 42.7 Å². The summed E-state index contributed by atoms with van der Waals surface area (Å²) in [7, 11) is -4.11. The Morgan fingerprint density at radius 3 is 2.60 bits per heavy atom. The molecule has 1 fully saturated rings. The van der Waals surface area contributed by atoms with Crippen molar-refractivity contribution in [1.29, 1.82) is 0 Å². The predicted molar refractivity (Wildman–Crippen MR) is 72.6 cm³/mol. The number of benzene rings is 1. The zero-order valence-electron chi connectivity index (χ0n) is 10.4. The topological polar surface area (TPSA) is 66.4 Å². The number of nitrogens with one attached hydrogen (secondary N) is 1. The van der Waals surface area contributed by atoms with E-state index in [1.165, 1.54) is 0 Å². The highest BCUT2D eigenvalue weighted by atomic mass is 79.9. The molecule has 0 aliphatic heterocycles. The highest BCUT2D eigenvalue weighted by Gasteiger charge is 2.29. The molecule has 0 bridgehead atoms. The first-order valence-corrected chi connectivity index (χ1v) is 8.42. The van der Waals surface area contributed by atoms with Crippen LogP contribution in [0.4, 0.5) is 8.78 Å². The minimum Gasteiger partial charge on any atom is -0.393 e. The third-order valence-corrected chi connectivity index (χ3v) is 5.68. The highest BCUT2D eigenvalue weighted by Crippen LogP contribution is 2.27. The lowest BCUT2D eigenvalue weighted by Crippen LogP contribution is -2.40. The SMILES string of the molecule is O=S(=O)(NC1CCCC(O)C1)c1c(F)cc(F)cc1Br. The van der Waals surface area contributed by atoms with Crippen LogP contribution < -0.4 is 4.72 Å². The van der Waals surface area contributed by atoms with Gasteiger partial charge in [0.05, 0.1) is 6.10 Å². The van der Waals surface area contributed by atoms with Gasteiger partial charge in [-0.1, -0.05) is 0 Å². The maximum atomic E-state index is 13.7. The van der Waals surface area contributed by atoms with Crippen LogP contribution in [-0.2, 0) is 10.0 Å². The molecule has 20 heavy (non-hydrogen) atoms. The molecule has 1 aliphatic carbocycles. The van der Waals surface area contributed by atoms with Crippen LogP contribution in [0.25, 0.3) is 0 Å². The molecule has 1 saturated carbocycles. The van der Waals surface area contributed by atoms with Gasteiger partial charge in [0.15, 0.2) is 0 Å². The molecule has 112 valence electrons. The van der Waals surface area contributed by atoms with E-state index in [1.807, 2.05) is 0 Å². The molecule has 4 nitrogen and oxygen atoms in total. The van der Waals surface area contributed by atoms with E-state index in [0.29, 0.717) is 31.7 Å². The molecule has 0 amide bonds. The van der Waals surface area contributed by atoms with Crippen molar-refractivity contribution in [1.82, 2.24) is 4.72 Å². The summed E-state index contributed by atoms with van der Waals surface area (Å²) in [6.45, 7) is 0. The van der Waals surface area contributed by atoms with Gasteiger partial charge in [-0.25, -0.2) is 21.9 Å². The Morgan fingerprint density at radius 2 is 2.00 bits per heavy atom. The van der Waals surface area contributed by atoms with E-state index in [1.54, 1.807) is 0 Å². The van der Waals surface area contributed by atoms with Gasteiger partial charge in [0.25, 0.3) is 0 Å².